The van der Waals surface area contributed by atoms with Gasteiger partial charge in [-0.3, -0.25) is 0 Å². The van der Waals surface area contributed by atoms with Crippen molar-refractivity contribution in [3.8, 4) is 0 Å². The quantitative estimate of drug-likeness (QED) is 0.638. The Hall–Kier alpha value is -0.0800. The standard InChI is InChI=1S/C10H19NO/c12-8-9-4-3-7-11-6-2-1-5-10(9)11/h9-10,12H,1-8H2/t9?,10-/m1/s1. The summed E-state index contributed by atoms with van der Waals surface area (Å²) < 4.78 is 0. The summed E-state index contributed by atoms with van der Waals surface area (Å²) in [5.74, 6) is 0.582. The summed E-state index contributed by atoms with van der Waals surface area (Å²) in [4.78, 5) is 2.59. The molecule has 0 radical (unpaired) electrons. The molecule has 0 aromatic carbocycles. The van der Waals surface area contributed by atoms with E-state index in [9.17, 15) is 5.11 Å². The third-order valence-electron chi connectivity index (χ3n) is 3.46. The average molecular weight is 169 g/mol. The topological polar surface area (TPSA) is 23.5 Å². The lowest BCUT2D eigenvalue weighted by Gasteiger charge is -2.43. The molecule has 2 heteroatoms. The molecule has 2 nitrogen and oxygen atoms in total. The molecular weight excluding hydrogens is 150 g/mol. The van der Waals surface area contributed by atoms with Crippen LogP contribution in [0.3, 0.4) is 0 Å². The fourth-order valence-electron chi connectivity index (χ4n) is 2.79. The van der Waals surface area contributed by atoms with Crippen LogP contribution in [-0.4, -0.2) is 35.7 Å². The fourth-order valence-corrected chi connectivity index (χ4v) is 2.79. The number of hydrogen-bond acceptors (Lipinski definition) is 2. The van der Waals surface area contributed by atoms with Gasteiger partial charge in [0, 0.05) is 12.6 Å². The van der Waals surface area contributed by atoms with Gasteiger partial charge >= 0.3 is 0 Å². The molecular formula is C10H19NO. The fraction of sp³-hybridized carbons (Fsp3) is 1.00. The van der Waals surface area contributed by atoms with Crippen molar-refractivity contribution in [2.24, 2.45) is 5.92 Å². The summed E-state index contributed by atoms with van der Waals surface area (Å²) >= 11 is 0. The first-order valence-corrected chi connectivity index (χ1v) is 5.26. The second kappa shape index (κ2) is 3.75. The molecule has 2 aliphatic rings. The summed E-state index contributed by atoms with van der Waals surface area (Å²) in [6.45, 7) is 2.96. The Morgan fingerprint density at radius 3 is 2.75 bits per heavy atom. The van der Waals surface area contributed by atoms with Crippen LogP contribution >= 0.6 is 0 Å². The second-order valence-corrected chi connectivity index (χ2v) is 4.18. The minimum absolute atomic E-state index is 0.404. The molecule has 0 aliphatic carbocycles. The van der Waals surface area contributed by atoms with Crippen LogP contribution in [-0.2, 0) is 0 Å². The number of piperidine rings is 2. The number of aliphatic hydroxyl groups excluding tert-OH is 1. The molecule has 2 atom stereocenters. The van der Waals surface area contributed by atoms with E-state index in [2.05, 4.69) is 4.90 Å². The Balaban J connectivity index is 1.99. The largest absolute Gasteiger partial charge is 0.396 e. The van der Waals surface area contributed by atoms with Gasteiger partial charge in [0.25, 0.3) is 0 Å². The minimum atomic E-state index is 0.404. The van der Waals surface area contributed by atoms with Crippen LogP contribution in [0.1, 0.15) is 32.1 Å². The predicted molar refractivity (Wildman–Crippen MR) is 49.0 cm³/mol. The smallest absolute Gasteiger partial charge is 0.0474 e. The zero-order valence-electron chi connectivity index (χ0n) is 7.71. The molecule has 70 valence electrons. The molecule has 12 heavy (non-hydrogen) atoms. The number of nitrogens with zero attached hydrogens (tertiary/aromatic N) is 1. The van der Waals surface area contributed by atoms with E-state index in [4.69, 9.17) is 0 Å². The van der Waals surface area contributed by atoms with Crippen molar-refractivity contribution < 1.29 is 5.11 Å². The minimum Gasteiger partial charge on any atom is -0.396 e. The van der Waals surface area contributed by atoms with Crippen molar-refractivity contribution >= 4 is 0 Å². The van der Waals surface area contributed by atoms with E-state index in [0.717, 1.165) is 6.04 Å². The third kappa shape index (κ3) is 1.50. The van der Waals surface area contributed by atoms with E-state index >= 15 is 0 Å². The van der Waals surface area contributed by atoms with Crippen molar-refractivity contribution in [1.29, 1.82) is 0 Å². The molecule has 0 amide bonds. The van der Waals surface area contributed by atoms with Gasteiger partial charge in [0.1, 0.15) is 0 Å². The summed E-state index contributed by atoms with van der Waals surface area (Å²) in [5, 5.41) is 9.20. The zero-order valence-corrected chi connectivity index (χ0v) is 7.71. The molecule has 2 fully saturated rings. The van der Waals surface area contributed by atoms with E-state index in [0.29, 0.717) is 12.5 Å². The van der Waals surface area contributed by atoms with Crippen molar-refractivity contribution in [3.05, 3.63) is 0 Å². The second-order valence-electron chi connectivity index (χ2n) is 4.18. The van der Waals surface area contributed by atoms with Gasteiger partial charge in [-0.1, -0.05) is 6.42 Å². The van der Waals surface area contributed by atoms with Crippen molar-refractivity contribution in [1.82, 2.24) is 4.90 Å². The molecule has 1 N–H and O–H groups in total. The normalized spacial score (nSPS) is 37.8. The van der Waals surface area contributed by atoms with Crippen LogP contribution in [0.4, 0.5) is 0 Å². The number of fused-ring (bicyclic) bond motifs is 1. The summed E-state index contributed by atoms with van der Waals surface area (Å²) in [6.07, 6.45) is 6.61. The average Bonchev–Trinajstić information content (AvgIpc) is 2.17. The molecule has 2 aliphatic heterocycles. The number of aliphatic hydroxyl groups is 1. The molecule has 0 aromatic rings. The van der Waals surface area contributed by atoms with Crippen LogP contribution in [0.25, 0.3) is 0 Å². The first kappa shape index (κ1) is 8.52. The maximum atomic E-state index is 9.20. The molecule has 0 saturated carbocycles. The van der Waals surface area contributed by atoms with Gasteiger partial charge in [-0.2, -0.15) is 0 Å². The van der Waals surface area contributed by atoms with Gasteiger partial charge in [-0.05, 0) is 44.7 Å². The molecule has 0 aromatic heterocycles. The predicted octanol–water partition coefficient (Wildman–Crippen LogP) is 1.24. The van der Waals surface area contributed by atoms with Crippen LogP contribution in [0.5, 0.6) is 0 Å². The Morgan fingerprint density at radius 2 is 1.92 bits per heavy atom. The van der Waals surface area contributed by atoms with Gasteiger partial charge in [-0.25, -0.2) is 0 Å². The molecule has 0 spiro atoms. The van der Waals surface area contributed by atoms with Crippen molar-refractivity contribution in [3.63, 3.8) is 0 Å². The molecule has 2 rings (SSSR count). The first-order valence-electron chi connectivity index (χ1n) is 5.26. The monoisotopic (exact) mass is 169 g/mol. The lowest BCUT2D eigenvalue weighted by atomic mass is 9.84. The Labute approximate surface area is 74.6 Å². The van der Waals surface area contributed by atoms with Gasteiger partial charge in [0.15, 0.2) is 0 Å². The summed E-state index contributed by atoms with van der Waals surface area (Å²) in [7, 11) is 0. The highest BCUT2D eigenvalue weighted by molar-refractivity contribution is 4.86. The molecule has 1 unspecified atom stereocenters. The van der Waals surface area contributed by atoms with Gasteiger partial charge < -0.3 is 10.0 Å². The van der Waals surface area contributed by atoms with Crippen molar-refractivity contribution in [2.75, 3.05) is 19.7 Å². The maximum Gasteiger partial charge on any atom is 0.0474 e. The number of hydrogen-bond donors (Lipinski definition) is 1. The lowest BCUT2D eigenvalue weighted by Crippen LogP contribution is -2.48. The highest BCUT2D eigenvalue weighted by atomic mass is 16.3. The molecule has 0 bridgehead atoms. The van der Waals surface area contributed by atoms with Gasteiger partial charge in [0.05, 0.1) is 0 Å². The van der Waals surface area contributed by atoms with Crippen LogP contribution in [0.15, 0.2) is 0 Å². The summed E-state index contributed by atoms with van der Waals surface area (Å²) in [6, 6.07) is 0.720. The Morgan fingerprint density at radius 1 is 1.08 bits per heavy atom. The third-order valence-corrected chi connectivity index (χ3v) is 3.46. The zero-order chi connectivity index (χ0) is 8.39. The van der Waals surface area contributed by atoms with E-state index in [1.54, 1.807) is 0 Å². The first-order chi connectivity index (χ1) is 5.92. The van der Waals surface area contributed by atoms with E-state index in [-0.39, 0.29) is 0 Å². The molecule has 2 saturated heterocycles. The van der Waals surface area contributed by atoms with Crippen LogP contribution in [0.2, 0.25) is 0 Å². The van der Waals surface area contributed by atoms with E-state index in [1.807, 2.05) is 0 Å². The maximum absolute atomic E-state index is 9.20. The van der Waals surface area contributed by atoms with Gasteiger partial charge in [-0.15, -0.1) is 0 Å². The number of rotatable bonds is 1. The highest BCUT2D eigenvalue weighted by Crippen LogP contribution is 2.30. The Kier molecular flexibility index (Phi) is 2.66. The SMILES string of the molecule is OCC1CCCN2CCCC[C@H]12. The molecule has 2 heterocycles. The van der Waals surface area contributed by atoms with Crippen molar-refractivity contribution in [2.45, 2.75) is 38.1 Å². The lowest BCUT2D eigenvalue weighted by molar-refractivity contribution is 0.0312. The van der Waals surface area contributed by atoms with Gasteiger partial charge in [0.2, 0.25) is 0 Å². The highest BCUT2D eigenvalue weighted by Gasteiger charge is 2.32. The van der Waals surface area contributed by atoms with Crippen LogP contribution in [0, 0.1) is 5.92 Å². The van der Waals surface area contributed by atoms with E-state index < -0.39 is 0 Å². The van der Waals surface area contributed by atoms with E-state index in [1.165, 1.54) is 45.2 Å². The van der Waals surface area contributed by atoms with Crippen LogP contribution < -0.4 is 0 Å². The summed E-state index contributed by atoms with van der Waals surface area (Å²) in [5.41, 5.74) is 0. The Bertz CT molecular complexity index is 140.